The SMILES string of the molecule is COc1cc(/C=C/c2ccc(C(=O)O)cc2)ccc1OC(C)=O. The molecular weight excluding hydrogens is 296 g/mol. The Balaban J connectivity index is 2.18. The summed E-state index contributed by atoms with van der Waals surface area (Å²) in [6.07, 6.45) is 3.71. The first-order valence-corrected chi connectivity index (χ1v) is 6.87. The molecule has 2 aromatic carbocycles. The molecule has 0 fully saturated rings. The van der Waals surface area contributed by atoms with Crippen molar-refractivity contribution >= 4 is 24.1 Å². The van der Waals surface area contributed by atoms with E-state index in [0.717, 1.165) is 11.1 Å². The fraction of sp³-hybridized carbons (Fsp3) is 0.111. The lowest BCUT2D eigenvalue weighted by molar-refractivity contribution is -0.132. The van der Waals surface area contributed by atoms with E-state index in [1.807, 2.05) is 12.2 Å². The summed E-state index contributed by atoms with van der Waals surface area (Å²) >= 11 is 0. The molecule has 0 unspecified atom stereocenters. The molecule has 118 valence electrons. The lowest BCUT2D eigenvalue weighted by Gasteiger charge is -2.08. The van der Waals surface area contributed by atoms with Crippen LogP contribution in [-0.4, -0.2) is 24.2 Å². The highest BCUT2D eigenvalue weighted by atomic mass is 16.6. The molecule has 5 nitrogen and oxygen atoms in total. The molecule has 0 spiro atoms. The number of hydrogen-bond donors (Lipinski definition) is 1. The Kier molecular flexibility index (Phi) is 5.15. The summed E-state index contributed by atoms with van der Waals surface area (Å²) in [6.45, 7) is 1.33. The molecule has 0 saturated carbocycles. The van der Waals surface area contributed by atoms with Gasteiger partial charge in [0.1, 0.15) is 0 Å². The van der Waals surface area contributed by atoms with Crippen LogP contribution in [0.15, 0.2) is 42.5 Å². The first-order chi connectivity index (χ1) is 11.0. The molecule has 0 aromatic heterocycles. The average Bonchev–Trinajstić information content (AvgIpc) is 2.53. The summed E-state index contributed by atoms with van der Waals surface area (Å²) in [7, 11) is 1.50. The molecule has 0 heterocycles. The van der Waals surface area contributed by atoms with Crippen molar-refractivity contribution in [2.75, 3.05) is 7.11 Å². The van der Waals surface area contributed by atoms with Gasteiger partial charge in [-0.1, -0.05) is 30.4 Å². The predicted molar refractivity (Wildman–Crippen MR) is 86.6 cm³/mol. The molecule has 0 bridgehead atoms. The molecule has 23 heavy (non-hydrogen) atoms. The third-order valence-electron chi connectivity index (χ3n) is 3.07. The number of aromatic carboxylic acids is 1. The van der Waals surface area contributed by atoms with E-state index in [1.165, 1.54) is 14.0 Å². The van der Waals surface area contributed by atoms with Gasteiger partial charge in [-0.25, -0.2) is 4.79 Å². The molecular formula is C18H16O5. The smallest absolute Gasteiger partial charge is 0.335 e. The fourth-order valence-corrected chi connectivity index (χ4v) is 1.96. The number of ether oxygens (including phenoxy) is 2. The Morgan fingerprint density at radius 2 is 1.57 bits per heavy atom. The maximum atomic E-state index is 11.0. The van der Waals surface area contributed by atoms with Gasteiger partial charge in [-0.05, 0) is 35.4 Å². The summed E-state index contributed by atoms with van der Waals surface area (Å²) in [4.78, 5) is 21.8. The Morgan fingerprint density at radius 1 is 0.957 bits per heavy atom. The van der Waals surface area contributed by atoms with Gasteiger partial charge in [0.2, 0.25) is 0 Å². The highest BCUT2D eigenvalue weighted by molar-refractivity contribution is 5.88. The topological polar surface area (TPSA) is 72.8 Å². The van der Waals surface area contributed by atoms with Crippen molar-refractivity contribution < 1.29 is 24.2 Å². The highest BCUT2D eigenvalue weighted by Crippen LogP contribution is 2.29. The number of benzene rings is 2. The third-order valence-corrected chi connectivity index (χ3v) is 3.07. The number of rotatable bonds is 5. The predicted octanol–water partition coefficient (Wildman–Crippen LogP) is 3.49. The molecule has 0 aliphatic carbocycles. The van der Waals surface area contributed by atoms with Crippen LogP contribution in [0.4, 0.5) is 0 Å². The van der Waals surface area contributed by atoms with Crippen molar-refractivity contribution in [1.82, 2.24) is 0 Å². The maximum Gasteiger partial charge on any atom is 0.335 e. The Bertz CT molecular complexity index is 745. The standard InChI is InChI=1S/C18H16O5/c1-12(19)23-16-10-7-14(11-17(16)22-2)4-3-13-5-8-15(9-6-13)18(20)21/h3-11H,1-2H3,(H,20,21)/b4-3+. The lowest BCUT2D eigenvalue weighted by atomic mass is 10.1. The number of carbonyl (C=O) groups is 2. The van der Waals surface area contributed by atoms with Crippen molar-refractivity contribution in [2.24, 2.45) is 0 Å². The van der Waals surface area contributed by atoms with Crippen molar-refractivity contribution in [3.05, 3.63) is 59.2 Å². The number of hydrogen-bond acceptors (Lipinski definition) is 4. The Hall–Kier alpha value is -3.08. The minimum atomic E-state index is -0.952. The van der Waals surface area contributed by atoms with E-state index in [4.69, 9.17) is 14.6 Å². The molecule has 1 N–H and O–H groups in total. The van der Waals surface area contributed by atoms with E-state index in [-0.39, 0.29) is 5.56 Å². The van der Waals surface area contributed by atoms with E-state index >= 15 is 0 Å². The van der Waals surface area contributed by atoms with Crippen LogP contribution < -0.4 is 9.47 Å². The first-order valence-electron chi connectivity index (χ1n) is 6.87. The van der Waals surface area contributed by atoms with Gasteiger partial charge in [0.25, 0.3) is 0 Å². The summed E-state index contributed by atoms with van der Waals surface area (Å²) in [5.41, 5.74) is 1.98. The molecule has 2 aromatic rings. The van der Waals surface area contributed by atoms with E-state index in [0.29, 0.717) is 11.5 Å². The van der Waals surface area contributed by atoms with Crippen LogP contribution in [0.1, 0.15) is 28.4 Å². The maximum absolute atomic E-state index is 11.0. The molecule has 5 heteroatoms. The van der Waals surface area contributed by atoms with Crippen LogP contribution in [0.3, 0.4) is 0 Å². The lowest BCUT2D eigenvalue weighted by Crippen LogP contribution is -2.02. The highest BCUT2D eigenvalue weighted by Gasteiger charge is 2.07. The molecule has 0 aliphatic rings. The number of carbonyl (C=O) groups excluding carboxylic acids is 1. The van der Waals surface area contributed by atoms with Gasteiger partial charge in [0, 0.05) is 6.92 Å². The van der Waals surface area contributed by atoms with Crippen molar-refractivity contribution in [1.29, 1.82) is 0 Å². The van der Waals surface area contributed by atoms with Crippen molar-refractivity contribution in [2.45, 2.75) is 6.92 Å². The summed E-state index contributed by atoms with van der Waals surface area (Å²) in [5.74, 6) is -0.539. The van der Waals surface area contributed by atoms with Gasteiger partial charge in [0.05, 0.1) is 12.7 Å². The second kappa shape index (κ2) is 7.26. The molecule has 0 amide bonds. The molecule has 2 rings (SSSR count). The average molecular weight is 312 g/mol. The van der Waals surface area contributed by atoms with Crippen molar-refractivity contribution in [3.8, 4) is 11.5 Å². The summed E-state index contributed by atoms with van der Waals surface area (Å²) in [6, 6.07) is 11.8. The zero-order valence-electron chi connectivity index (χ0n) is 12.8. The normalized spacial score (nSPS) is 10.5. The van der Waals surface area contributed by atoms with Gasteiger partial charge in [-0.2, -0.15) is 0 Å². The summed E-state index contributed by atoms with van der Waals surface area (Å²) < 4.78 is 10.3. The van der Waals surface area contributed by atoms with E-state index in [9.17, 15) is 9.59 Å². The minimum Gasteiger partial charge on any atom is -0.493 e. The quantitative estimate of drug-likeness (QED) is 0.520. The van der Waals surface area contributed by atoms with Gasteiger partial charge in [-0.3, -0.25) is 4.79 Å². The third kappa shape index (κ3) is 4.44. The molecule has 0 saturated heterocycles. The van der Waals surface area contributed by atoms with Crippen LogP contribution >= 0.6 is 0 Å². The number of carboxylic acid groups (broad SMARTS) is 1. The van der Waals surface area contributed by atoms with Crippen LogP contribution in [0.5, 0.6) is 11.5 Å². The van der Waals surface area contributed by atoms with Gasteiger partial charge < -0.3 is 14.6 Å². The zero-order chi connectivity index (χ0) is 16.8. The molecule has 0 atom stereocenters. The van der Waals surface area contributed by atoms with Gasteiger partial charge in [0.15, 0.2) is 11.5 Å². The van der Waals surface area contributed by atoms with Gasteiger partial charge >= 0.3 is 11.9 Å². The molecule has 0 aliphatic heterocycles. The Morgan fingerprint density at radius 3 is 2.13 bits per heavy atom. The fourth-order valence-electron chi connectivity index (χ4n) is 1.96. The zero-order valence-corrected chi connectivity index (χ0v) is 12.8. The Labute approximate surface area is 133 Å². The molecule has 0 radical (unpaired) electrons. The van der Waals surface area contributed by atoms with Crippen LogP contribution in [0.25, 0.3) is 12.2 Å². The van der Waals surface area contributed by atoms with E-state index < -0.39 is 11.9 Å². The van der Waals surface area contributed by atoms with Gasteiger partial charge in [-0.15, -0.1) is 0 Å². The summed E-state index contributed by atoms with van der Waals surface area (Å²) in [5, 5.41) is 8.86. The van der Waals surface area contributed by atoms with Crippen molar-refractivity contribution in [3.63, 3.8) is 0 Å². The van der Waals surface area contributed by atoms with E-state index in [2.05, 4.69) is 0 Å². The largest absolute Gasteiger partial charge is 0.493 e. The monoisotopic (exact) mass is 312 g/mol. The number of carboxylic acids is 1. The number of methoxy groups -OCH3 is 1. The van der Waals surface area contributed by atoms with Crippen LogP contribution in [0.2, 0.25) is 0 Å². The minimum absolute atomic E-state index is 0.245. The first kappa shape index (κ1) is 16.3. The second-order valence-corrected chi connectivity index (χ2v) is 4.76. The second-order valence-electron chi connectivity index (χ2n) is 4.76. The van der Waals surface area contributed by atoms with Crippen LogP contribution in [0, 0.1) is 0 Å². The van der Waals surface area contributed by atoms with Crippen LogP contribution in [-0.2, 0) is 4.79 Å². The number of esters is 1. The van der Waals surface area contributed by atoms with E-state index in [1.54, 1.807) is 42.5 Å².